The minimum Gasteiger partial charge on any atom is -0.382 e. The van der Waals surface area contributed by atoms with Gasteiger partial charge in [-0.3, -0.25) is 4.90 Å². The first-order valence-corrected chi connectivity index (χ1v) is 44.5. The molecule has 50 heteroatoms. The number of rotatable bonds is 23. The molecular weight excluding hydrogens is 1940 g/mol. The summed E-state index contributed by atoms with van der Waals surface area (Å²) < 4.78 is 474. The van der Waals surface area contributed by atoms with Crippen LogP contribution in [-0.4, -0.2) is 325 Å². The average Bonchev–Trinajstić information content (AvgIpc) is 0.735. The van der Waals surface area contributed by atoms with Gasteiger partial charge in [0.2, 0.25) is 0 Å². The van der Waals surface area contributed by atoms with E-state index in [4.69, 9.17) is 18.9 Å². The fourth-order valence-electron chi connectivity index (χ4n) is 13.8. The number of piperazine rings is 1. The third kappa shape index (κ3) is 48.8. The van der Waals surface area contributed by atoms with E-state index in [0.717, 1.165) is 40.5 Å². The van der Waals surface area contributed by atoms with E-state index in [-0.39, 0.29) is 139 Å². The summed E-state index contributed by atoms with van der Waals surface area (Å²) in [6.07, 6.45) is 3.78. The van der Waals surface area contributed by atoms with E-state index in [9.17, 15) is 145 Å². The van der Waals surface area contributed by atoms with Crippen molar-refractivity contribution < 1.29 is 197 Å². The van der Waals surface area contributed by atoms with Crippen LogP contribution in [0, 0.1) is 5.92 Å². The summed E-state index contributed by atoms with van der Waals surface area (Å²) in [7, 11) is 3.76. The maximum Gasteiger partial charge on any atom is 0.443 e. The first-order valence-electron chi connectivity index (χ1n) is 44.5. The van der Waals surface area contributed by atoms with E-state index in [1.54, 1.807) is 18.9 Å². The smallest absolute Gasteiger partial charge is 0.382 e. The molecule has 3 atom stereocenters. The molecule has 4 aliphatic carbocycles. The lowest BCUT2D eigenvalue weighted by Crippen LogP contribution is -2.72. The van der Waals surface area contributed by atoms with E-state index < -0.39 is 186 Å². The van der Waals surface area contributed by atoms with Gasteiger partial charge >= 0.3 is 96.6 Å². The highest BCUT2D eigenvalue weighted by Crippen LogP contribution is 2.56. The van der Waals surface area contributed by atoms with E-state index in [0.29, 0.717) is 25.1 Å². The van der Waals surface area contributed by atoms with Crippen molar-refractivity contribution >= 4 is 0 Å². The van der Waals surface area contributed by atoms with Gasteiger partial charge in [0.1, 0.15) is 0 Å². The summed E-state index contributed by atoms with van der Waals surface area (Å²) in [6.45, 7) is 1.91. The van der Waals surface area contributed by atoms with E-state index in [1.165, 1.54) is 194 Å². The summed E-state index contributed by atoms with van der Waals surface area (Å²) in [5, 5.41) is 0. The summed E-state index contributed by atoms with van der Waals surface area (Å²) in [6, 6.07) is -19.3. The standard InChI is InChI=1S/C11H17F6NO.C10H15F6NO3.C10H15F6NO2.C9H11F8NO2.C8H14F4N2O.2C6H12.2C5H10O.2C5H10.C2H3F3.6CH4/c1-3-19-11(16,17)9(12,13)10(14,15)18-6-4-8(2)5-7-18;1-18-6-7-20-10(15,16)8(11,12)9(13,14)17-2-4-19-5-3-17;1-6-4-17(5-7(2)19-6)9(13,14)8(11,12)10(15,16)18-3;1-19-9(16,17)6(10,11)7(12,8(13,14)15)18-2-4-20-5-3-18;1-13-3-5-14(6-4-13)7(9,10)8(11,12)15-2;4*1-2-4-6-5-3-1;2*1-2-4-5-3-1;1-2(3,4)5;;;;;;/h8H,3-7H2,1-2H3;2-7H2,1H3;6-7H,4-5H2,1-3H3;2-5H2,1H3;3-6H2,1-2H3;2*1-6H2;2*1-5H2;2*1-5H2;1H3;6*1H4. The van der Waals surface area contributed by atoms with Crippen molar-refractivity contribution in [2.24, 2.45) is 5.92 Å². The molecule has 7 saturated heterocycles. The predicted molar refractivity (Wildman–Crippen MR) is 463 cm³/mol. The van der Waals surface area contributed by atoms with Crippen LogP contribution in [0.4, 0.5) is 145 Å². The van der Waals surface area contributed by atoms with Crippen LogP contribution in [0.2, 0.25) is 0 Å². The van der Waals surface area contributed by atoms with Gasteiger partial charge in [-0.05, 0) is 85.1 Å². The molecule has 0 N–H and O–H groups in total. The van der Waals surface area contributed by atoms with Crippen LogP contribution >= 0.6 is 0 Å². The van der Waals surface area contributed by atoms with Gasteiger partial charge in [-0.15, -0.1) is 0 Å². The van der Waals surface area contributed by atoms with Crippen LogP contribution in [0.15, 0.2) is 0 Å². The van der Waals surface area contributed by atoms with Crippen molar-refractivity contribution in [2.75, 3.05) is 187 Å². The van der Waals surface area contributed by atoms with Gasteiger partial charge in [-0.2, -0.15) is 140 Å². The fraction of sp³-hybridized carbons (Fsp3) is 1.00. The van der Waals surface area contributed by atoms with E-state index >= 15 is 0 Å². The number of morpholine rings is 3. The zero-order valence-electron chi connectivity index (χ0n) is 76.9. The van der Waals surface area contributed by atoms with Crippen LogP contribution < -0.4 is 0 Å². The topological polar surface area (TPSA) is 121 Å². The van der Waals surface area contributed by atoms with Crippen LogP contribution in [0.1, 0.15) is 272 Å². The first kappa shape index (κ1) is 148. The number of halogens is 33. The third-order valence-electron chi connectivity index (χ3n) is 21.8. The van der Waals surface area contributed by atoms with Gasteiger partial charge in [0.25, 0.3) is 0 Å². The second-order valence-electron chi connectivity index (χ2n) is 32.8. The number of likely N-dealkylation sites (tertiary alicyclic amines) is 1. The molecule has 11 rings (SSSR count). The van der Waals surface area contributed by atoms with Crippen molar-refractivity contribution in [2.45, 2.75) is 381 Å². The quantitative estimate of drug-likeness (QED) is 0.0547. The number of hydrogen-bond donors (Lipinski definition) is 0. The first-order chi connectivity index (χ1) is 60.9. The van der Waals surface area contributed by atoms with Gasteiger partial charge in [0, 0.05) is 140 Å². The Balaban J connectivity index is -0.000000280. The highest BCUT2D eigenvalue weighted by atomic mass is 19.4. The number of piperidine rings is 1. The second-order valence-corrected chi connectivity index (χ2v) is 32.8. The highest BCUT2D eigenvalue weighted by molar-refractivity contribution is 5.04. The minimum absolute atomic E-state index is 0. The maximum absolute atomic E-state index is 14.1. The van der Waals surface area contributed by atoms with Gasteiger partial charge in [-0.1, -0.05) is 193 Å². The van der Waals surface area contributed by atoms with E-state index in [2.05, 4.69) is 33.2 Å². The monoisotopic (exact) mass is 2110 g/mol. The summed E-state index contributed by atoms with van der Waals surface area (Å²) >= 11 is 0. The Morgan fingerprint density at radius 3 is 0.783 bits per heavy atom. The average molecular weight is 2110 g/mol. The molecule has 138 heavy (non-hydrogen) atoms. The normalized spacial score (nSPS) is 21.5. The Morgan fingerprint density at radius 2 is 0.522 bits per heavy atom. The van der Waals surface area contributed by atoms with Gasteiger partial charge in [0.05, 0.1) is 58.5 Å². The van der Waals surface area contributed by atoms with Crippen LogP contribution in [-0.2, 0) is 52.1 Å². The Hall–Kier alpha value is -2.99. The molecular formula is C88H163F33N6O11. The molecule has 7 aliphatic heterocycles. The van der Waals surface area contributed by atoms with Crippen LogP contribution in [0.5, 0.6) is 0 Å². The van der Waals surface area contributed by atoms with Gasteiger partial charge in [-0.25, -0.2) is 24.0 Å². The SMILES string of the molecule is C.C.C.C.C.C.C1CCCC1.C1CCCC1.C1CCCCC1.C1CCCCC1.C1CCOCC1.C1CCOCC1.CC(F)(F)F.CCOC(F)(F)C(F)(F)C(F)(F)N1CCC(C)CC1.COC(F)(F)C(F)(F)C(F)(F)N1CC(C)OC(C)C1.COC(F)(F)C(F)(F)C(F)(N1CCOCC1)C(F)(F)F.COC(F)(F)C(F)(F)N1CCN(C)CC1.COCCOC(F)(F)C(F)(F)C(F)(F)N1CCOCC1. The zero-order valence-corrected chi connectivity index (χ0v) is 76.9. The number of hydrogen-bond acceptors (Lipinski definition) is 17. The Morgan fingerprint density at radius 1 is 0.275 bits per heavy atom. The van der Waals surface area contributed by atoms with Crippen molar-refractivity contribution in [1.29, 1.82) is 0 Å². The Bertz CT molecular complexity index is 2760. The van der Waals surface area contributed by atoms with E-state index in [1.807, 2.05) is 0 Å². The molecule has 0 aromatic rings. The second kappa shape index (κ2) is 70.0. The molecule has 0 aromatic heterocycles. The van der Waals surface area contributed by atoms with Gasteiger partial charge in [0.15, 0.2) is 0 Å². The molecule has 4 saturated carbocycles. The van der Waals surface area contributed by atoms with Crippen LogP contribution in [0.3, 0.4) is 0 Å². The number of nitrogens with zero attached hydrogens (tertiary/aromatic N) is 6. The lowest BCUT2D eigenvalue weighted by atomic mass is 9.98. The molecule has 0 spiro atoms. The van der Waals surface area contributed by atoms with Gasteiger partial charge < -0.3 is 57.0 Å². The summed E-state index contributed by atoms with van der Waals surface area (Å²) in [4.78, 5) is 1.92. The lowest BCUT2D eigenvalue weighted by Gasteiger charge is -2.45. The number of likely N-dealkylation sites (N-methyl/N-ethyl adjacent to an activating group) is 1. The predicted octanol–water partition coefficient (Wildman–Crippen LogP) is 27.8. The number of methoxy groups -OCH3 is 4. The summed E-state index contributed by atoms with van der Waals surface area (Å²) in [5.74, 6) is -28.5. The summed E-state index contributed by atoms with van der Waals surface area (Å²) in [5.41, 5.74) is 0. The lowest BCUT2D eigenvalue weighted by molar-refractivity contribution is -0.441. The molecule has 7 heterocycles. The molecule has 11 aliphatic rings. The molecule has 0 bridgehead atoms. The Kier molecular flexibility index (Phi) is 75.1. The molecule has 3 unspecified atom stereocenters. The molecule has 842 valence electrons. The third-order valence-corrected chi connectivity index (χ3v) is 21.8. The Labute approximate surface area is 797 Å². The largest absolute Gasteiger partial charge is 0.443 e. The zero-order chi connectivity index (χ0) is 101. The maximum atomic E-state index is 14.1. The molecule has 0 amide bonds. The fourth-order valence-corrected chi connectivity index (χ4v) is 13.8. The number of ether oxygens (including phenoxy) is 11. The molecule has 11 fully saturated rings. The van der Waals surface area contributed by atoms with Crippen molar-refractivity contribution in [3.8, 4) is 0 Å². The van der Waals surface area contributed by atoms with Crippen molar-refractivity contribution in [1.82, 2.24) is 29.4 Å². The highest BCUT2D eigenvalue weighted by Gasteiger charge is 2.84. The molecule has 0 aromatic carbocycles. The molecule has 17 nitrogen and oxygen atoms in total. The molecule has 0 radical (unpaired) electrons. The van der Waals surface area contributed by atoms with Crippen molar-refractivity contribution in [3.05, 3.63) is 0 Å². The minimum atomic E-state index is -6.25. The van der Waals surface area contributed by atoms with Crippen molar-refractivity contribution in [3.63, 3.8) is 0 Å². The number of alkyl halides is 33. The van der Waals surface area contributed by atoms with Crippen LogP contribution in [0.25, 0.3) is 0 Å².